The maximum atomic E-state index is 14.0. The van der Waals surface area contributed by atoms with Crippen LogP contribution in [0.5, 0.6) is 5.75 Å². The molecule has 15 heteroatoms. The van der Waals surface area contributed by atoms with Gasteiger partial charge in [-0.3, -0.25) is 23.9 Å². The van der Waals surface area contributed by atoms with Gasteiger partial charge < -0.3 is 15.4 Å². The second-order valence-electron chi connectivity index (χ2n) is 8.83. The van der Waals surface area contributed by atoms with Gasteiger partial charge in [-0.25, -0.2) is 4.39 Å². The van der Waals surface area contributed by atoms with E-state index in [1.807, 2.05) is 6.07 Å². The number of anilines is 1. The molecule has 0 aliphatic rings. The van der Waals surface area contributed by atoms with Crippen LogP contribution in [-0.2, 0) is 30.8 Å². The van der Waals surface area contributed by atoms with Crippen LogP contribution < -0.4 is 15.4 Å². The topological polar surface area (TPSA) is 142 Å². The van der Waals surface area contributed by atoms with Crippen LogP contribution in [0.3, 0.4) is 0 Å². The van der Waals surface area contributed by atoms with E-state index in [1.165, 1.54) is 10.9 Å². The van der Waals surface area contributed by atoms with Crippen molar-refractivity contribution in [3.63, 3.8) is 0 Å². The van der Waals surface area contributed by atoms with Crippen LogP contribution in [-0.4, -0.2) is 52.9 Å². The van der Waals surface area contributed by atoms with Crippen molar-refractivity contribution in [2.45, 2.75) is 51.9 Å². The summed E-state index contributed by atoms with van der Waals surface area (Å²) >= 11 is 0. The fourth-order valence-electron chi connectivity index (χ4n) is 3.60. The number of pyridine rings is 1. The van der Waals surface area contributed by atoms with Gasteiger partial charge in [0.2, 0.25) is 5.91 Å². The molecule has 0 unspecified atom stereocenters. The van der Waals surface area contributed by atoms with Crippen LogP contribution in [0.2, 0.25) is 0 Å². The quantitative estimate of drug-likeness (QED) is 0.239. The lowest BCUT2D eigenvalue weighted by molar-refractivity contribution is -0.159. The van der Waals surface area contributed by atoms with Crippen molar-refractivity contribution in [1.82, 2.24) is 40.3 Å². The number of aromatic nitrogens is 7. The largest absolute Gasteiger partial charge is 0.433 e. The highest BCUT2D eigenvalue weighted by Crippen LogP contribution is 2.23. The van der Waals surface area contributed by atoms with Crippen molar-refractivity contribution >= 4 is 17.6 Å². The summed E-state index contributed by atoms with van der Waals surface area (Å²) in [6.45, 7) is 1.33. The molecule has 0 fully saturated rings. The molecule has 0 atom stereocenters. The van der Waals surface area contributed by atoms with Gasteiger partial charge in [-0.15, -0.1) is 10.2 Å². The molecular formula is C25H26F3N9O3. The summed E-state index contributed by atoms with van der Waals surface area (Å²) in [4.78, 5) is 28.6. The number of nitrogens with one attached hydrogen (secondary N) is 2. The van der Waals surface area contributed by atoms with Crippen molar-refractivity contribution in [3.8, 4) is 5.75 Å². The van der Waals surface area contributed by atoms with E-state index in [2.05, 4.69) is 41.0 Å². The Labute approximate surface area is 226 Å². The zero-order chi connectivity index (χ0) is 28.5. The van der Waals surface area contributed by atoms with Crippen molar-refractivity contribution in [2.75, 3.05) is 5.32 Å². The maximum absolute atomic E-state index is 14.0. The lowest BCUT2D eigenvalue weighted by atomic mass is 10.2. The summed E-state index contributed by atoms with van der Waals surface area (Å²) in [7, 11) is 0. The van der Waals surface area contributed by atoms with Crippen LogP contribution in [0.1, 0.15) is 41.5 Å². The molecule has 4 rings (SSSR count). The maximum Gasteiger partial charge on any atom is 0.394 e. The first kappa shape index (κ1) is 28.2. The van der Waals surface area contributed by atoms with Gasteiger partial charge in [0.15, 0.2) is 11.5 Å². The second kappa shape index (κ2) is 12.8. The number of ether oxygens (including phenoxy) is 1. The predicted molar refractivity (Wildman–Crippen MR) is 135 cm³/mol. The highest BCUT2D eigenvalue weighted by molar-refractivity contribution is 5.92. The fourth-order valence-corrected chi connectivity index (χ4v) is 3.60. The van der Waals surface area contributed by atoms with E-state index in [-0.39, 0.29) is 35.9 Å². The average Bonchev–Trinajstić information content (AvgIpc) is 3.56. The molecule has 0 spiro atoms. The first-order valence-electron chi connectivity index (χ1n) is 12.3. The molecule has 1 aromatic carbocycles. The van der Waals surface area contributed by atoms with E-state index < -0.39 is 17.8 Å². The van der Waals surface area contributed by atoms with Gasteiger partial charge >= 0.3 is 6.11 Å². The highest BCUT2D eigenvalue weighted by Gasteiger charge is 2.23. The van der Waals surface area contributed by atoms with Gasteiger partial charge in [0, 0.05) is 44.0 Å². The molecule has 4 aromatic rings. The second-order valence-corrected chi connectivity index (χ2v) is 8.83. The molecule has 0 radical (unpaired) electrons. The minimum Gasteiger partial charge on any atom is -0.433 e. The van der Waals surface area contributed by atoms with Gasteiger partial charge in [0.1, 0.15) is 11.6 Å². The number of alkyl halides is 2. The number of carbonyl (C=O) groups is 2. The standard InChI is InChI=1S/C25H26F3N9O3/c1-25(27,28)40-19-7-8-20(26)17(12-19)14-30-24(39)21-15-36(34-32-21)10-4-5-11-37-16-22(33-35-37)31-23(38)13-18-6-2-3-9-29-18/h2-3,6-9,12,15-16H,4-5,10-11,13-14H2,1H3,(H,30,39)(H,31,38). The SMILES string of the molecule is CC(F)(F)Oc1ccc(F)c(CNC(=O)c2cn(CCCCn3cc(NC(=O)Cc4ccccn4)nn3)nn2)c1. The average molecular weight is 558 g/mol. The van der Waals surface area contributed by atoms with Crippen LogP contribution in [0.15, 0.2) is 55.0 Å². The van der Waals surface area contributed by atoms with Gasteiger partial charge in [-0.1, -0.05) is 16.5 Å². The number of aryl methyl sites for hydroxylation is 2. The first-order chi connectivity index (χ1) is 19.1. The van der Waals surface area contributed by atoms with Gasteiger partial charge in [-0.05, 0) is 43.2 Å². The summed E-state index contributed by atoms with van der Waals surface area (Å²) in [6.07, 6.45) is 2.81. The Morgan fingerprint density at radius 2 is 1.77 bits per heavy atom. The van der Waals surface area contributed by atoms with Crippen molar-refractivity contribution < 1.29 is 27.5 Å². The zero-order valence-corrected chi connectivity index (χ0v) is 21.4. The molecule has 2 amide bonds. The normalized spacial score (nSPS) is 11.3. The minimum absolute atomic E-state index is 0.0217. The molecule has 3 heterocycles. The molecule has 40 heavy (non-hydrogen) atoms. The summed E-state index contributed by atoms with van der Waals surface area (Å²) in [6, 6.07) is 8.50. The van der Waals surface area contributed by atoms with Gasteiger partial charge in [0.05, 0.1) is 18.8 Å². The number of hydrogen-bond donors (Lipinski definition) is 2. The monoisotopic (exact) mass is 557 g/mol. The van der Waals surface area contributed by atoms with Crippen molar-refractivity contribution in [1.29, 1.82) is 0 Å². The van der Waals surface area contributed by atoms with Crippen LogP contribution in [0, 0.1) is 5.82 Å². The number of rotatable bonds is 13. The Bertz CT molecular complexity index is 1440. The van der Waals surface area contributed by atoms with E-state index in [0.29, 0.717) is 44.4 Å². The van der Waals surface area contributed by atoms with Crippen LogP contribution >= 0.6 is 0 Å². The Morgan fingerprint density at radius 3 is 2.50 bits per heavy atom. The lowest BCUT2D eigenvalue weighted by Crippen LogP contribution is -2.24. The lowest BCUT2D eigenvalue weighted by Gasteiger charge is -2.14. The summed E-state index contributed by atoms with van der Waals surface area (Å²) < 4.78 is 47.7. The van der Waals surface area contributed by atoms with Gasteiger partial charge in [-0.2, -0.15) is 8.78 Å². The van der Waals surface area contributed by atoms with Crippen molar-refractivity contribution in [2.24, 2.45) is 0 Å². The Balaban J connectivity index is 1.18. The molecule has 3 aromatic heterocycles. The molecule has 0 saturated carbocycles. The van der Waals surface area contributed by atoms with E-state index >= 15 is 0 Å². The zero-order valence-electron chi connectivity index (χ0n) is 21.4. The third kappa shape index (κ3) is 8.61. The number of carbonyl (C=O) groups excluding carboxylic acids is 2. The van der Waals surface area contributed by atoms with E-state index in [1.54, 1.807) is 29.2 Å². The molecule has 0 aliphatic heterocycles. The smallest absolute Gasteiger partial charge is 0.394 e. The predicted octanol–water partition coefficient (Wildman–Crippen LogP) is 2.99. The number of benzene rings is 1. The molecule has 0 saturated heterocycles. The number of nitrogens with zero attached hydrogens (tertiary/aromatic N) is 7. The van der Waals surface area contributed by atoms with E-state index in [0.717, 1.165) is 18.2 Å². The molecular weight excluding hydrogens is 531 g/mol. The number of amides is 2. The third-order valence-corrected chi connectivity index (χ3v) is 5.42. The Morgan fingerprint density at radius 1 is 1.02 bits per heavy atom. The number of halogens is 3. The fraction of sp³-hybridized carbons (Fsp3) is 0.320. The van der Waals surface area contributed by atoms with E-state index in [9.17, 15) is 22.8 Å². The Kier molecular flexibility index (Phi) is 9.04. The van der Waals surface area contributed by atoms with E-state index in [4.69, 9.17) is 0 Å². The molecule has 210 valence electrons. The van der Waals surface area contributed by atoms with Crippen LogP contribution in [0.4, 0.5) is 19.0 Å². The summed E-state index contributed by atoms with van der Waals surface area (Å²) in [5.74, 6) is -1.41. The Hall–Kier alpha value is -4.82. The molecule has 0 bridgehead atoms. The molecule has 12 nitrogen and oxygen atoms in total. The minimum atomic E-state index is -3.42. The number of hydrogen-bond acceptors (Lipinski definition) is 8. The van der Waals surface area contributed by atoms with Crippen molar-refractivity contribution in [3.05, 3.63) is 77.8 Å². The first-order valence-corrected chi connectivity index (χ1v) is 12.3. The highest BCUT2D eigenvalue weighted by atomic mass is 19.3. The summed E-state index contributed by atoms with van der Waals surface area (Å²) in [5.41, 5.74) is 0.652. The third-order valence-electron chi connectivity index (χ3n) is 5.42. The molecule has 0 aliphatic carbocycles. The summed E-state index contributed by atoms with van der Waals surface area (Å²) in [5, 5.41) is 20.9. The number of unbranched alkanes of at least 4 members (excludes halogenated alkanes) is 1. The van der Waals surface area contributed by atoms with Gasteiger partial charge in [0.25, 0.3) is 5.91 Å². The van der Waals surface area contributed by atoms with Crippen LogP contribution in [0.25, 0.3) is 0 Å². The molecule has 2 N–H and O–H groups in total.